The number of hydrogen-bond acceptors (Lipinski definition) is 3. The fraction of sp³-hybridized carbons (Fsp3) is 0.125. The van der Waals surface area contributed by atoms with Gasteiger partial charge >= 0.3 is 0 Å². The van der Waals surface area contributed by atoms with Crippen LogP contribution in [0.15, 0.2) is 54.2 Å². The van der Waals surface area contributed by atoms with Crippen molar-refractivity contribution < 1.29 is 0 Å². The van der Waals surface area contributed by atoms with Crippen LogP contribution in [0.5, 0.6) is 0 Å². The Morgan fingerprint density at radius 2 is 1.95 bits per heavy atom. The molecule has 0 fully saturated rings. The molecule has 0 aliphatic rings. The zero-order valence-corrected chi connectivity index (χ0v) is 11.5. The third kappa shape index (κ3) is 2.71. The summed E-state index contributed by atoms with van der Waals surface area (Å²) in [5.41, 5.74) is 5.97. The van der Waals surface area contributed by atoms with E-state index < -0.39 is 0 Å². The first-order valence-electron chi connectivity index (χ1n) is 6.22. The molecule has 2 heterocycles. The maximum absolute atomic E-state index is 4.53. The Hall–Kier alpha value is -2.00. The summed E-state index contributed by atoms with van der Waals surface area (Å²) < 4.78 is 4.53. The van der Waals surface area contributed by atoms with E-state index in [0.717, 1.165) is 12.1 Å². The van der Waals surface area contributed by atoms with E-state index in [9.17, 15) is 0 Å². The molecule has 0 saturated carbocycles. The van der Waals surface area contributed by atoms with Gasteiger partial charge in [-0.1, -0.05) is 36.4 Å². The third-order valence-electron chi connectivity index (χ3n) is 3.02. The Balaban J connectivity index is 1.93. The van der Waals surface area contributed by atoms with Gasteiger partial charge in [0.05, 0.1) is 5.69 Å². The lowest BCUT2D eigenvalue weighted by Gasteiger charge is -2.04. The van der Waals surface area contributed by atoms with Crippen LogP contribution < -0.4 is 0 Å². The summed E-state index contributed by atoms with van der Waals surface area (Å²) in [6, 6.07) is 12.5. The fourth-order valence-corrected chi connectivity index (χ4v) is 2.85. The SMILES string of the molecule is Cc1cncc(Cc2csnc2-c2ccccc2)c1. The van der Waals surface area contributed by atoms with Gasteiger partial charge in [0.1, 0.15) is 0 Å². The second kappa shape index (κ2) is 5.33. The van der Waals surface area contributed by atoms with Gasteiger partial charge in [0.25, 0.3) is 0 Å². The van der Waals surface area contributed by atoms with Gasteiger partial charge in [0.15, 0.2) is 0 Å². The molecular weight excluding hydrogens is 252 g/mol. The summed E-state index contributed by atoms with van der Waals surface area (Å²) in [6.45, 7) is 2.07. The lowest BCUT2D eigenvalue weighted by Crippen LogP contribution is -1.91. The van der Waals surface area contributed by atoms with E-state index in [1.807, 2.05) is 30.6 Å². The molecule has 94 valence electrons. The van der Waals surface area contributed by atoms with Crippen molar-refractivity contribution in [2.75, 3.05) is 0 Å². The van der Waals surface area contributed by atoms with Crippen molar-refractivity contribution in [3.05, 3.63) is 70.9 Å². The molecule has 3 rings (SSSR count). The minimum Gasteiger partial charge on any atom is -0.264 e. The molecule has 0 saturated heterocycles. The average molecular weight is 266 g/mol. The fourth-order valence-electron chi connectivity index (χ4n) is 2.15. The second-order valence-electron chi connectivity index (χ2n) is 4.60. The highest BCUT2D eigenvalue weighted by atomic mass is 32.1. The number of aryl methyl sites for hydroxylation is 1. The van der Waals surface area contributed by atoms with Crippen molar-refractivity contribution in [3.8, 4) is 11.3 Å². The molecule has 0 amide bonds. The first-order valence-corrected chi connectivity index (χ1v) is 7.06. The minimum absolute atomic E-state index is 0.884. The minimum atomic E-state index is 0.884. The highest BCUT2D eigenvalue weighted by Gasteiger charge is 2.09. The molecule has 0 radical (unpaired) electrons. The van der Waals surface area contributed by atoms with Gasteiger partial charge in [0.2, 0.25) is 0 Å². The quantitative estimate of drug-likeness (QED) is 0.713. The van der Waals surface area contributed by atoms with Crippen LogP contribution in [0.25, 0.3) is 11.3 Å². The Bertz CT molecular complexity index is 674. The van der Waals surface area contributed by atoms with Crippen molar-refractivity contribution in [3.63, 3.8) is 0 Å². The summed E-state index contributed by atoms with van der Waals surface area (Å²) in [5, 5.41) is 2.13. The van der Waals surface area contributed by atoms with Gasteiger partial charge in [-0.15, -0.1) is 0 Å². The van der Waals surface area contributed by atoms with Crippen LogP contribution in [0.4, 0.5) is 0 Å². The molecule has 0 atom stereocenters. The Morgan fingerprint density at radius 3 is 2.74 bits per heavy atom. The van der Waals surface area contributed by atoms with Gasteiger partial charge in [-0.25, -0.2) is 0 Å². The average Bonchev–Trinajstić information content (AvgIpc) is 2.88. The molecule has 19 heavy (non-hydrogen) atoms. The van der Waals surface area contributed by atoms with Gasteiger partial charge in [0, 0.05) is 29.8 Å². The molecule has 0 aliphatic carbocycles. The van der Waals surface area contributed by atoms with Crippen molar-refractivity contribution in [1.29, 1.82) is 0 Å². The largest absolute Gasteiger partial charge is 0.264 e. The van der Waals surface area contributed by atoms with Crippen molar-refractivity contribution >= 4 is 11.5 Å². The van der Waals surface area contributed by atoms with Gasteiger partial charge in [-0.3, -0.25) is 4.98 Å². The summed E-state index contributed by atoms with van der Waals surface area (Å²) in [6.07, 6.45) is 4.70. The predicted molar refractivity (Wildman–Crippen MR) is 79.3 cm³/mol. The molecule has 0 spiro atoms. The van der Waals surface area contributed by atoms with Crippen molar-refractivity contribution in [2.24, 2.45) is 0 Å². The maximum Gasteiger partial charge on any atom is 0.0875 e. The molecule has 3 heteroatoms. The van der Waals surface area contributed by atoms with Crippen molar-refractivity contribution in [2.45, 2.75) is 13.3 Å². The van der Waals surface area contributed by atoms with Crippen LogP contribution in [0.1, 0.15) is 16.7 Å². The van der Waals surface area contributed by atoms with E-state index in [1.165, 1.54) is 33.8 Å². The lowest BCUT2D eigenvalue weighted by atomic mass is 10.0. The van der Waals surface area contributed by atoms with Gasteiger partial charge in [-0.2, -0.15) is 4.37 Å². The first kappa shape index (κ1) is 12.1. The van der Waals surface area contributed by atoms with Gasteiger partial charge < -0.3 is 0 Å². The Morgan fingerprint density at radius 1 is 1.11 bits per heavy atom. The van der Waals surface area contributed by atoms with Crippen LogP contribution in [-0.2, 0) is 6.42 Å². The zero-order chi connectivity index (χ0) is 13.1. The van der Waals surface area contributed by atoms with Crippen LogP contribution in [0.3, 0.4) is 0 Å². The van der Waals surface area contributed by atoms with Crippen LogP contribution in [-0.4, -0.2) is 9.36 Å². The summed E-state index contributed by atoms with van der Waals surface area (Å²) in [5.74, 6) is 0. The highest BCUT2D eigenvalue weighted by Crippen LogP contribution is 2.25. The standard InChI is InChI=1S/C16H14N2S/c1-12-7-13(10-17-9-12)8-15-11-19-18-16(15)14-5-3-2-4-6-14/h2-7,9-11H,8H2,1H3. The Labute approximate surface area is 116 Å². The summed E-state index contributed by atoms with van der Waals surface area (Å²) in [7, 11) is 0. The van der Waals surface area contributed by atoms with E-state index in [4.69, 9.17) is 0 Å². The molecule has 0 bridgehead atoms. The summed E-state index contributed by atoms with van der Waals surface area (Å²) in [4.78, 5) is 4.25. The molecule has 1 aromatic carbocycles. The molecule has 2 nitrogen and oxygen atoms in total. The highest BCUT2D eigenvalue weighted by molar-refractivity contribution is 7.04. The number of pyridine rings is 1. The van der Waals surface area contributed by atoms with Gasteiger partial charge in [-0.05, 0) is 35.1 Å². The topological polar surface area (TPSA) is 25.8 Å². The van der Waals surface area contributed by atoms with E-state index in [2.05, 4.69) is 39.9 Å². The zero-order valence-electron chi connectivity index (χ0n) is 10.7. The predicted octanol–water partition coefficient (Wildman–Crippen LogP) is 4.10. The normalized spacial score (nSPS) is 10.6. The third-order valence-corrected chi connectivity index (χ3v) is 3.69. The summed E-state index contributed by atoms with van der Waals surface area (Å²) >= 11 is 1.51. The van der Waals surface area contributed by atoms with Crippen molar-refractivity contribution in [1.82, 2.24) is 9.36 Å². The van der Waals surface area contributed by atoms with E-state index in [0.29, 0.717) is 0 Å². The lowest BCUT2D eigenvalue weighted by molar-refractivity contribution is 1.13. The smallest absolute Gasteiger partial charge is 0.0875 e. The van der Waals surface area contributed by atoms with Crippen LogP contribution >= 0.6 is 11.5 Å². The number of benzene rings is 1. The first-order chi connectivity index (χ1) is 9.33. The maximum atomic E-state index is 4.53. The van der Waals surface area contributed by atoms with E-state index in [1.54, 1.807) is 0 Å². The van der Waals surface area contributed by atoms with Crippen LogP contribution in [0.2, 0.25) is 0 Å². The number of rotatable bonds is 3. The Kier molecular flexibility index (Phi) is 3.38. The molecule has 0 unspecified atom stereocenters. The molecule has 0 N–H and O–H groups in total. The molecule has 0 aliphatic heterocycles. The van der Waals surface area contributed by atoms with E-state index in [-0.39, 0.29) is 0 Å². The number of nitrogens with zero attached hydrogens (tertiary/aromatic N) is 2. The second-order valence-corrected chi connectivity index (χ2v) is 5.23. The molecule has 3 aromatic rings. The van der Waals surface area contributed by atoms with Crippen LogP contribution in [0, 0.1) is 6.92 Å². The van der Waals surface area contributed by atoms with E-state index >= 15 is 0 Å². The molecule has 2 aromatic heterocycles. The molecular formula is C16H14N2S. The number of aromatic nitrogens is 2. The number of hydrogen-bond donors (Lipinski definition) is 0. The monoisotopic (exact) mass is 266 g/mol.